The summed E-state index contributed by atoms with van der Waals surface area (Å²) in [4.78, 5) is 5.38. The fourth-order valence-corrected chi connectivity index (χ4v) is 4.01. The van der Waals surface area contributed by atoms with Crippen LogP contribution in [0.5, 0.6) is 0 Å². The highest BCUT2D eigenvalue weighted by Gasteiger charge is 2.27. The van der Waals surface area contributed by atoms with Crippen molar-refractivity contribution in [1.82, 2.24) is 9.80 Å². The van der Waals surface area contributed by atoms with Gasteiger partial charge in [-0.3, -0.25) is 4.90 Å². The van der Waals surface area contributed by atoms with Gasteiger partial charge in [0.25, 0.3) is 0 Å². The van der Waals surface area contributed by atoms with Gasteiger partial charge in [0.1, 0.15) is 0 Å². The van der Waals surface area contributed by atoms with Gasteiger partial charge in [0.15, 0.2) is 0 Å². The Bertz CT molecular complexity index is 429. The van der Waals surface area contributed by atoms with Crippen LogP contribution in [0.3, 0.4) is 0 Å². The maximum atomic E-state index is 3.68. The van der Waals surface area contributed by atoms with E-state index in [0.29, 0.717) is 0 Å². The van der Waals surface area contributed by atoms with Crippen LogP contribution in [-0.2, 0) is 6.54 Å². The molecule has 0 amide bonds. The van der Waals surface area contributed by atoms with Crippen LogP contribution in [-0.4, -0.2) is 42.0 Å². The molecule has 2 aliphatic heterocycles. The van der Waals surface area contributed by atoms with Crippen molar-refractivity contribution in [3.8, 4) is 0 Å². The molecule has 0 bridgehead atoms. The predicted octanol–water partition coefficient (Wildman–Crippen LogP) is 3.90. The quantitative estimate of drug-likeness (QED) is 0.822. The summed E-state index contributed by atoms with van der Waals surface area (Å²) in [6, 6.07) is 9.42. The standard InChI is InChI=1S/C17H25BrN2/c18-17-9-3-2-7-15(17)13-20-12-6-8-16(20)14-19-10-4-1-5-11-19/h2-3,7,9,16H,1,4-6,8,10-14H2. The van der Waals surface area contributed by atoms with Crippen molar-refractivity contribution in [1.29, 1.82) is 0 Å². The van der Waals surface area contributed by atoms with Gasteiger partial charge in [-0.05, 0) is 56.9 Å². The van der Waals surface area contributed by atoms with Crippen molar-refractivity contribution >= 4 is 15.9 Å². The summed E-state index contributed by atoms with van der Waals surface area (Å²) in [7, 11) is 0. The lowest BCUT2D eigenvalue weighted by atomic mass is 10.1. The fourth-order valence-electron chi connectivity index (χ4n) is 3.60. The Balaban J connectivity index is 1.59. The van der Waals surface area contributed by atoms with Crippen LogP contribution < -0.4 is 0 Å². The van der Waals surface area contributed by atoms with Crippen molar-refractivity contribution in [3.63, 3.8) is 0 Å². The Morgan fingerprint density at radius 3 is 2.60 bits per heavy atom. The molecular weight excluding hydrogens is 312 g/mol. The predicted molar refractivity (Wildman–Crippen MR) is 87.9 cm³/mol. The van der Waals surface area contributed by atoms with Gasteiger partial charge in [0.05, 0.1) is 0 Å². The van der Waals surface area contributed by atoms with E-state index in [1.807, 2.05) is 0 Å². The topological polar surface area (TPSA) is 6.48 Å². The van der Waals surface area contributed by atoms with Gasteiger partial charge in [-0.1, -0.05) is 40.5 Å². The van der Waals surface area contributed by atoms with E-state index in [2.05, 4.69) is 50.0 Å². The van der Waals surface area contributed by atoms with Gasteiger partial charge in [0.2, 0.25) is 0 Å². The second-order valence-corrected chi connectivity index (χ2v) is 7.07. The first-order valence-electron chi connectivity index (χ1n) is 8.03. The Morgan fingerprint density at radius 2 is 1.80 bits per heavy atom. The maximum Gasteiger partial charge on any atom is 0.0248 e. The second-order valence-electron chi connectivity index (χ2n) is 6.22. The van der Waals surface area contributed by atoms with E-state index in [9.17, 15) is 0 Å². The minimum absolute atomic E-state index is 0.764. The molecule has 1 aromatic carbocycles. The molecule has 110 valence electrons. The van der Waals surface area contributed by atoms with Crippen LogP contribution >= 0.6 is 15.9 Å². The van der Waals surface area contributed by atoms with E-state index >= 15 is 0 Å². The number of nitrogens with zero attached hydrogens (tertiary/aromatic N) is 2. The van der Waals surface area contributed by atoms with Crippen LogP contribution in [0.15, 0.2) is 28.7 Å². The molecule has 2 aliphatic rings. The Morgan fingerprint density at radius 1 is 1.00 bits per heavy atom. The zero-order chi connectivity index (χ0) is 13.8. The Hall–Kier alpha value is -0.380. The van der Waals surface area contributed by atoms with Crippen molar-refractivity contribution in [2.45, 2.75) is 44.7 Å². The fraction of sp³-hybridized carbons (Fsp3) is 0.647. The highest BCUT2D eigenvalue weighted by Crippen LogP contribution is 2.25. The molecule has 0 aliphatic carbocycles. The van der Waals surface area contributed by atoms with Crippen molar-refractivity contribution < 1.29 is 0 Å². The molecule has 1 aromatic rings. The summed E-state index contributed by atoms with van der Waals surface area (Å²) in [5.74, 6) is 0. The first-order valence-corrected chi connectivity index (χ1v) is 8.82. The van der Waals surface area contributed by atoms with Crippen molar-refractivity contribution in [2.75, 3.05) is 26.2 Å². The van der Waals surface area contributed by atoms with E-state index < -0.39 is 0 Å². The number of benzene rings is 1. The monoisotopic (exact) mass is 336 g/mol. The van der Waals surface area contributed by atoms with E-state index in [0.717, 1.165) is 12.6 Å². The molecule has 0 radical (unpaired) electrons. The van der Waals surface area contributed by atoms with Gasteiger partial charge >= 0.3 is 0 Å². The maximum absolute atomic E-state index is 3.68. The first-order chi connectivity index (χ1) is 9.83. The SMILES string of the molecule is Brc1ccccc1CN1CCCC1CN1CCCCC1. The Labute approximate surface area is 131 Å². The summed E-state index contributed by atoms with van der Waals surface area (Å²) in [5, 5.41) is 0. The lowest BCUT2D eigenvalue weighted by Gasteiger charge is -2.33. The van der Waals surface area contributed by atoms with E-state index in [1.54, 1.807) is 0 Å². The molecule has 2 saturated heterocycles. The highest BCUT2D eigenvalue weighted by molar-refractivity contribution is 9.10. The van der Waals surface area contributed by atoms with E-state index in [1.165, 1.54) is 68.3 Å². The largest absolute Gasteiger partial charge is 0.302 e. The molecule has 0 N–H and O–H groups in total. The third kappa shape index (κ3) is 3.63. The summed E-state index contributed by atoms with van der Waals surface area (Å²) >= 11 is 3.68. The minimum atomic E-state index is 0.764. The first kappa shape index (κ1) is 14.6. The van der Waals surface area contributed by atoms with Crippen LogP contribution in [0.4, 0.5) is 0 Å². The average molecular weight is 337 g/mol. The van der Waals surface area contributed by atoms with Crippen LogP contribution in [0.25, 0.3) is 0 Å². The summed E-state index contributed by atoms with van der Waals surface area (Å²) in [6.07, 6.45) is 6.97. The number of piperidine rings is 1. The summed E-state index contributed by atoms with van der Waals surface area (Å²) < 4.78 is 1.25. The summed E-state index contributed by atoms with van der Waals surface area (Å²) in [6.45, 7) is 6.28. The van der Waals surface area contributed by atoms with Crippen molar-refractivity contribution in [2.24, 2.45) is 0 Å². The minimum Gasteiger partial charge on any atom is -0.302 e. The number of hydrogen-bond acceptors (Lipinski definition) is 2. The van der Waals surface area contributed by atoms with Gasteiger partial charge in [-0.2, -0.15) is 0 Å². The molecule has 3 rings (SSSR count). The number of halogens is 1. The van der Waals surface area contributed by atoms with E-state index in [4.69, 9.17) is 0 Å². The molecule has 1 atom stereocenters. The molecule has 0 saturated carbocycles. The Kier molecular flexibility index (Phi) is 5.14. The summed E-state index contributed by atoms with van der Waals surface area (Å²) in [5.41, 5.74) is 1.43. The van der Waals surface area contributed by atoms with Crippen LogP contribution in [0.1, 0.15) is 37.7 Å². The highest BCUT2D eigenvalue weighted by atomic mass is 79.9. The molecule has 2 nitrogen and oxygen atoms in total. The molecule has 20 heavy (non-hydrogen) atoms. The van der Waals surface area contributed by atoms with Crippen LogP contribution in [0, 0.1) is 0 Å². The number of likely N-dealkylation sites (tertiary alicyclic amines) is 2. The third-order valence-electron chi connectivity index (χ3n) is 4.75. The zero-order valence-electron chi connectivity index (χ0n) is 12.2. The van der Waals surface area contributed by atoms with Gasteiger partial charge in [-0.25, -0.2) is 0 Å². The van der Waals surface area contributed by atoms with E-state index in [-0.39, 0.29) is 0 Å². The van der Waals surface area contributed by atoms with Crippen molar-refractivity contribution in [3.05, 3.63) is 34.3 Å². The molecule has 2 fully saturated rings. The van der Waals surface area contributed by atoms with Gasteiger partial charge < -0.3 is 4.90 Å². The zero-order valence-corrected chi connectivity index (χ0v) is 13.8. The molecule has 3 heteroatoms. The van der Waals surface area contributed by atoms with Gasteiger partial charge in [0, 0.05) is 23.6 Å². The third-order valence-corrected chi connectivity index (χ3v) is 5.52. The van der Waals surface area contributed by atoms with Gasteiger partial charge in [-0.15, -0.1) is 0 Å². The average Bonchev–Trinajstić information content (AvgIpc) is 2.90. The van der Waals surface area contributed by atoms with Crippen LogP contribution in [0.2, 0.25) is 0 Å². The lowest BCUT2D eigenvalue weighted by Crippen LogP contribution is -2.42. The molecule has 0 aromatic heterocycles. The molecular formula is C17H25BrN2. The molecule has 0 spiro atoms. The smallest absolute Gasteiger partial charge is 0.0248 e. The molecule has 2 heterocycles. The molecule has 1 unspecified atom stereocenters. The lowest BCUT2D eigenvalue weighted by molar-refractivity contribution is 0.149. The normalized spacial score (nSPS) is 25.1. The number of hydrogen-bond donors (Lipinski definition) is 0. The number of rotatable bonds is 4. The second kappa shape index (κ2) is 7.06.